The van der Waals surface area contributed by atoms with Gasteiger partial charge in [0.25, 0.3) is 0 Å². The van der Waals surface area contributed by atoms with Crippen LogP contribution in [-0.4, -0.2) is 16.7 Å². The van der Waals surface area contributed by atoms with Gasteiger partial charge >= 0.3 is 0 Å². The molecular formula is C9H15N3O. The molecule has 0 unspecified atom stereocenters. The van der Waals surface area contributed by atoms with Crippen LogP contribution in [0.1, 0.15) is 37.5 Å². The molecule has 0 radical (unpaired) electrons. The molecule has 1 aromatic heterocycles. The Kier molecular flexibility index (Phi) is 2.59. The van der Waals surface area contributed by atoms with Crippen LogP contribution in [0.2, 0.25) is 0 Å². The third kappa shape index (κ3) is 1.88. The molecule has 4 nitrogen and oxygen atoms in total. The zero-order chi connectivity index (χ0) is 9.10. The lowest BCUT2D eigenvalue weighted by Crippen LogP contribution is -2.20. The van der Waals surface area contributed by atoms with E-state index >= 15 is 0 Å². The van der Waals surface area contributed by atoms with Crippen molar-refractivity contribution in [3.05, 3.63) is 12.3 Å². The molecule has 1 heterocycles. The molecule has 0 aromatic carbocycles. The predicted octanol–water partition coefficient (Wildman–Crippen LogP) is 1.30. The van der Waals surface area contributed by atoms with Crippen LogP contribution < -0.4 is 5.73 Å². The zero-order valence-electron chi connectivity index (χ0n) is 7.65. The number of aromatic nitrogens is 2. The number of rotatable bonds is 2. The first-order valence-corrected chi connectivity index (χ1v) is 4.86. The van der Waals surface area contributed by atoms with Crippen LogP contribution in [0.3, 0.4) is 0 Å². The van der Waals surface area contributed by atoms with Crippen molar-refractivity contribution in [2.45, 2.75) is 31.6 Å². The van der Waals surface area contributed by atoms with Gasteiger partial charge in [0, 0.05) is 5.92 Å². The first-order valence-electron chi connectivity index (χ1n) is 4.86. The molecule has 0 aliphatic heterocycles. The molecule has 1 aliphatic rings. The third-order valence-corrected chi connectivity index (χ3v) is 2.91. The zero-order valence-corrected chi connectivity index (χ0v) is 7.65. The van der Waals surface area contributed by atoms with E-state index < -0.39 is 0 Å². The minimum Gasteiger partial charge on any atom is -0.428 e. The van der Waals surface area contributed by atoms with Gasteiger partial charge in [-0.2, -0.15) is 0 Å². The van der Waals surface area contributed by atoms with Gasteiger partial charge in [0.15, 0.2) is 0 Å². The van der Waals surface area contributed by atoms with Gasteiger partial charge in [-0.1, -0.05) is 0 Å². The van der Waals surface area contributed by atoms with Crippen LogP contribution in [0, 0.1) is 5.92 Å². The average molecular weight is 181 g/mol. The van der Waals surface area contributed by atoms with Crippen LogP contribution >= 0.6 is 0 Å². The molecule has 1 saturated carbocycles. The Morgan fingerprint density at radius 3 is 2.69 bits per heavy atom. The van der Waals surface area contributed by atoms with Crippen LogP contribution in [0.15, 0.2) is 10.8 Å². The van der Waals surface area contributed by atoms with Gasteiger partial charge in [0.1, 0.15) is 0 Å². The van der Waals surface area contributed by atoms with E-state index in [1.165, 1.54) is 19.2 Å². The lowest BCUT2D eigenvalue weighted by molar-refractivity contribution is 0.297. The summed E-state index contributed by atoms with van der Waals surface area (Å²) < 4.78 is 5.19. The minimum atomic E-state index is 0.477. The maximum absolute atomic E-state index is 5.62. The summed E-state index contributed by atoms with van der Waals surface area (Å²) >= 11 is 0. The highest BCUT2D eigenvalue weighted by Gasteiger charge is 2.24. The first-order chi connectivity index (χ1) is 6.40. The Bertz CT molecular complexity index is 239. The van der Waals surface area contributed by atoms with Crippen molar-refractivity contribution in [2.24, 2.45) is 11.7 Å². The lowest BCUT2D eigenvalue weighted by atomic mass is 9.82. The van der Waals surface area contributed by atoms with Crippen molar-refractivity contribution in [1.82, 2.24) is 10.2 Å². The van der Waals surface area contributed by atoms with Crippen LogP contribution in [0.25, 0.3) is 0 Å². The monoisotopic (exact) mass is 181 g/mol. The Balaban J connectivity index is 1.92. The van der Waals surface area contributed by atoms with Gasteiger partial charge in [-0.05, 0) is 38.1 Å². The fourth-order valence-electron chi connectivity index (χ4n) is 2.00. The standard InChI is InChI=1S/C9H15N3O/c10-5-7-1-3-8(4-2-7)9-12-11-6-13-9/h6-8H,1-5,10H2. The summed E-state index contributed by atoms with van der Waals surface area (Å²) in [6.45, 7) is 0.816. The fraction of sp³-hybridized carbons (Fsp3) is 0.778. The van der Waals surface area contributed by atoms with Crippen molar-refractivity contribution in [1.29, 1.82) is 0 Å². The largest absolute Gasteiger partial charge is 0.428 e. The maximum atomic E-state index is 5.62. The van der Waals surface area contributed by atoms with Crippen molar-refractivity contribution in [3.8, 4) is 0 Å². The number of hydrogen-bond acceptors (Lipinski definition) is 4. The summed E-state index contributed by atoms with van der Waals surface area (Å²) in [5.41, 5.74) is 5.62. The van der Waals surface area contributed by atoms with E-state index in [0.717, 1.165) is 25.3 Å². The van der Waals surface area contributed by atoms with E-state index in [4.69, 9.17) is 10.2 Å². The summed E-state index contributed by atoms with van der Waals surface area (Å²) in [5.74, 6) is 1.99. The Morgan fingerprint density at radius 2 is 2.15 bits per heavy atom. The van der Waals surface area contributed by atoms with E-state index in [-0.39, 0.29) is 0 Å². The molecule has 2 rings (SSSR count). The maximum Gasteiger partial charge on any atom is 0.219 e. The van der Waals surface area contributed by atoms with E-state index in [1.54, 1.807) is 0 Å². The summed E-state index contributed by atoms with van der Waals surface area (Å²) in [6.07, 6.45) is 6.09. The highest BCUT2D eigenvalue weighted by atomic mass is 16.4. The van der Waals surface area contributed by atoms with Crippen molar-refractivity contribution < 1.29 is 4.42 Å². The van der Waals surface area contributed by atoms with Gasteiger partial charge in [-0.25, -0.2) is 0 Å². The van der Waals surface area contributed by atoms with Crippen LogP contribution in [-0.2, 0) is 0 Å². The first kappa shape index (κ1) is 8.69. The highest BCUT2D eigenvalue weighted by molar-refractivity contribution is 4.91. The summed E-state index contributed by atoms with van der Waals surface area (Å²) in [5, 5.41) is 7.64. The number of nitrogens with zero attached hydrogens (tertiary/aromatic N) is 2. The molecule has 0 saturated heterocycles. The molecule has 2 N–H and O–H groups in total. The van der Waals surface area contributed by atoms with Crippen molar-refractivity contribution in [2.75, 3.05) is 6.54 Å². The van der Waals surface area contributed by atoms with E-state index in [0.29, 0.717) is 11.8 Å². The van der Waals surface area contributed by atoms with E-state index in [1.807, 2.05) is 0 Å². The molecule has 1 fully saturated rings. The second kappa shape index (κ2) is 3.87. The number of hydrogen-bond donors (Lipinski definition) is 1. The molecular weight excluding hydrogens is 166 g/mol. The van der Waals surface area contributed by atoms with E-state index in [9.17, 15) is 0 Å². The van der Waals surface area contributed by atoms with Gasteiger partial charge in [0.2, 0.25) is 12.3 Å². The molecule has 1 aliphatic carbocycles. The highest BCUT2D eigenvalue weighted by Crippen LogP contribution is 2.34. The van der Waals surface area contributed by atoms with Crippen LogP contribution in [0.5, 0.6) is 0 Å². The van der Waals surface area contributed by atoms with Crippen LogP contribution in [0.4, 0.5) is 0 Å². The molecule has 0 amide bonds. The summed E-state index contributed by atoms with van der Waals surface area (Å²) in [4.78, 5) is 0. The van der Waals surface area contributed by atoms with Gasteiger partial charge < -0.3 is 10.2 Å². The van der Waals surface area contributed by atoms with Crippen molar-refractivity contribution in [3.63, 3.8) is 0 Å². The smallest absolute Gasteiger partial charge is 0.219 e. The Labute approximate surface area is 77.5 Å². The second-order valence-electron chi connectivity index (χ2n) is 3.73. The van der Waals surface area contributed by atoms with Gasteiger partial charge in [-0.15, -0.1) is 10.2 Å². The van der Waals surface area contributed by atoms with Crippen molar-refractivity contribution >= 4 is 0 Å². The summed E-state index contributed by atoms with van der Waals surface area (Å²) in [6, 6.07) is 0. The van der Waals surface area contributed by atoms with Gasteiger partial charge in [0.05, 0.1) is 0 Å². The van der Waals surface area contributed by atoms with Gasteiger partial charge in [-0.3, -0.25) is 0 Å². The topological polar surface area (TPSA) is 64.9 Å². The Hall–Kier alpha value is -0.900. The third-order valence-electron chi connectivity index (χ3n) is 2.91. The number of nitrogens with two attached hydrogens (primary N) is 1. The predicted molar refractivity (Wildman–Crippen MR) is 48.1 cm³/mol. The molecule has 0 spiro atoms. The minimum absolute atomic E-state index is 0.477. The molecule has 0 bridgehead atoms. The fourth-order valence-corrected chi connectivity index (χ4v) is 2.00. The molecule has 1 aromatic rings. The molecule has 0 atom stereocenters. The molecule has 72 valence electrons. The molecule has 4 heteroatoms. The van der Waals surface area contributed by atoms with E-state index in [2.05, 4.69) is 10.2 Å². The Morgan fingerprint density at radius 1 is 1.38 bits per heavy atom. The lowest BCUT2D eigenvalue weighted by Gasteiger charge is -2.24. The summed E-state index contributed by atoms with van der Waals surface area (Å²) in [7, 11) is 0. The second-order valence-corrected chi connectivity index (χ2v) is 3.73. The molecule has 13 heavy (non-hydrogen) atoms. The average Bonchev–Trinajstić information content (AvgIpc) is 2.71. The quantitative estimate of drug-likeness (QED) is 0.746. The normalized spacial score (nSPS) is 29.0. The SMILES string of the molecule is NCC1CCC(c2nnco2)CC1.